The second-order valence-electron chi connectivity index (χ2n) is 7.60. The number of carbonyl (C=O) groups is 2. The number of imide groups is 1. The summed E-state index contributed by atoms with van der Waals surface area (Å²) in [6.07, 6.45) is -4.60. The molecule has 0 saturated carbocycles. The molecule has 1 heterocycles. The molecule has 4 nitrogen and oxygen atoms in total. The Morgan fingerprint density at radius 2 is 1.38 bits per heavy atom. The molecule has 3 aromatic carbocycles. The van der Waals surface area contributed by atoms with Crippen LogP contribution < -0.4 is 10.2 Å². The van der Waals surface area contributed by atoms with Gasteiger partial charge in [-0.05, 0) is 49.7 Å². The molecule has 162 valence electrons. The van der Waals surface area contributed by atoms with Crippen molar-refractivity contribution in [1.82, 2.24) is 0 Å². The molecule has 0 spiro atoms. The molecule has 7 heteroatoms. The largest absolute Gasteiger partial charge is 0.416 e. The van der Waals surface area contributed by atoms with Gasteiger partial charge in [0, 0.05) is 5.69 Å². The van der Waals surface area contributed by atoms with Gasteiger partial charge in [0.2, 0.25) is 0 Å². The molecular weight excluding hydrogens is 417 g/mol. The third-order valence-electron chi connectivity index (χ3n) is 5.18. The predicted octanol–water partition coefficient (Wildman–Crippen LogP) is 5.72. The summed E-state index contributed by atoms with van der Waals surface area (Å²) in [5, 5.41) is 3.00. The molecule has 3 aromatic rings. The van der Waals surface area contributed by atoms with E-state index in [9.17, 15) is 22.8 Å². The highest BCUT2D eigenvalue weighted by Crippen LogP contribution is 2.36. The van der Waals surface area contributed by atoms with E-state index in [1.54, 1.807) is 36.4 Å². The number of hydrogen-bond acceptors (Lipinski definition) is 3. The van der Waals surface area contributed by atoms with Crippen molar-refractivity contribution >= 4 is 28.8 Å². The number of aryl methyl sites for hydroxylation is 2. The number of nitrogens with one attached hydrogen (secondary N) is 1. The van der Waals surface area contributed by atoms with Crippen LogP contribution in [0, 0.1) is 13.8 Å². The van der Waals surface area contributed by atoms with E-state index in [4.69, 9.17) is 0 Å². The van der Waals surface area contributed by atoms with Gasteiger partial charge in [0.25, 0.3) is 11.8 Å². The smallest absolute Gasteiger partial charge is 0.350 e. The van der Waals surface area contributed by atoms with Crippen molar-refractivity contribution in [1.29, 1.82) is 0 Å². The summed E-state index contributed by atoms with van der Waals surface area (Å²) >= 11 is 0. The molecule has 0 saturated heterocycles. The Morgan fingerprint density at radius 1 is 0.781 bits per heavy atom. The molecule has 32 heavy (non-hydrogen) atoms. The van der Waals surface area contributed by atoms with Crippen LogP contribution in [0.5, 0.6) is 0 Å². The molecule has 0 atom stereocenters. The van der Waals surface area contributed by atoms with E-state index in [1.165, 1.54) is 12.1 Å². The second kappa shape index (κ2) is 8.00. The summed E-state index contributed by atoms with van der Waals surface area (Å²) in [5.74, 6) is -1.40. The van der Waals surface area contributed by atoms with E-state index < -0.39 is 23.6 Å². The van der Waals surface area contributed by atoms with E-state index >= 15 is 0 Å². The molecule has 0 radical (unpaired) electrons. The highest BCUT2D eigenvalue weighted by atomic mass is 19.4. The molecule has 4 rings (SSSR count). The molecule has 0 aliphatic carbocycles. The predicted molar refractivity (Wildman–Crippen MR) is 117 cm³/mol. The van der Waals surface area contributed by atoms with Gasteiger partial charge in [0.05, 0.1) is 16.8 Å². The van der Waals surface area contributed by atoms with Gasteiger partial charge in [-0.25, -0.2) is 4.90 Å². The quantitative estimate of drug-likeness (QED) is 0.533. The average Bonchev–Trinajstić information content (AvgIpc) is 2.99. The van der Waals surface area contributed by atoms with Gasteiger partial charge in [-0.2, -0.15) is 13.2 Å². The van der Waals surface area contributed by atoms with Gasteiger partial charge in [0.1, 0.15) is 5.70 Å². The van der Waals surface area contributed by atoms with Gasteiger partial charge < -0.3 is 5.32 Å². The molecule has 1 aliphatic heterocycles. The van der Waals surface area contributed by atoms with Gasteiger partial charge in [-0.3, -0.25) is 9.59 Å². The SMILES string of the molecule is Cc1ccc(NC2=C(c3ccc(C)cc3)C(=O)N(c3cccc(C(F)(F)F)c3)C2=O)cc1. The minimum atomic E-state index is -4.60. The summed E-state index contributed by atoms with van der Waals surface area (Å²) < 4.78 is 39.6. The summed E-state index contributed by atoms with van der Waals surface area (Å²) in [5.41, 5.74) is 2.11. The number of amides is 2. The molecule has 2 amide bonds. The zero-order valence-corrected chi connectivity index (χ0v) is 17.3. The van der Waals surface area contributed by atoms with E-state index in [1.807, 2.05) is 26.0 Å². The zero-order chi connectivity index (χ0) is 23.0. The van der Waals surface area contributed by atoms with Crippen molar-refractivity contribution in [3.8, 4) is 0 Å². The highest BCUT2D eigenvalue weighted by Gasteiger charge is 2.41. The van der Waals surface area contributed by atoms with Crippen LogP contribution in [0.4, 0.5) is 24.5 Å². The van der Waals surface area contributed by atoms with Crippen molar-refractivity contribution in [2.45, 2.75) is 20.0 Å². The molecule has 0 fully saturated rings. The van der Waals surface area contributed by atoms with Gasteiger partial charge in [-0.15, -0.1) is 0 Å². The normalized spacial score (nSPS) is 14.3. The Balaban J connectivity index is 1.81. The first kappa shape index (κ1) is 21.4. The van der Waals surface area contributed by atoms with Crippen molar-refractivity contribution in [3.63, 3.8) is 0 Å². The van der Waals surface area contributed by atoms with E-state index in [0.717, 1.165) is 28.2 Å². The Hall–Kier alpha value is -3.87. The first-order chi connectivity index (χ1) is 15.1. The lowest BCUT2D eigenvalue weighted by Crippen LogP contribution is -2.32. The van der Waals surface area contributed by atoms with Crippen molar-refractivity contribution in [2.75, 3.05) is 10.2 Å². The van der Waals surface area contributed by atoms with Gasteiger partial charge in [-0.1, -0.05) is 53.6 Å². The second-order valence-corrected chi connectivity index (χ2v) is 7.60. The number of carbonyl (C=O) groups excluding carboxylic acids is 2. The fourth-order valence-electron chi connectivity index (χ4n) is 3.47. The van der Waals surface area contributed by atoms with Crippen LogP contribution in [-0.2, 0) is 15.8 Å². The molecule has 0 aromatic heterocycles. The molecular formula is C25H19F3N2O2. The van der Waals surface area contributed by atoms with E-state index in [-0.39, 0.29) is 17.0 Å². The maximum atomic E-state index is 13.3. The Bertz CT molecular complexity index is 1230. The van der Waals surface area contributed by atoms with Crippen molar-refractivity contribution < 1.29 is 22.8 Å². The van der Waals surface area contributed by atoms with E-state index in [2.05, 4.69) is 5.32 Å². The lowest BCUT2D eigenvalue weighted by molar-refractivity contribution is -0.137. The number of hydrogen-bond donors (Lipinski definition) is 1. The summed E-state index contributed by atoms with van der Waals surface area (Å²) in [6, 6.07) is 18.4. The van der Waals surface area contributed by atoms with Gasteiger partial charge >= 0.3 is 6.18 Å². The van der Waals surface area contributed by atoms with Crippen molar-refractivity contribution in [3.05, 3.63) is 101 Å². The van der Waals surface area contributed by atoms with Crippen LogP contribution in [-0.4, -0.2) is 11.8 Å². The monoisotopic (exact) mass is 436 g/mol. The van der Waals surface area contributed by atoms with Crippen LogP contribution in [0.2, 0.25) is 0 Å². The number of rotatable bonds is 4. The third-order valence-corrected chi connectivity index (χ3v) is 5.18. The first-order valence-electron chi connectivity index (χ1n) is 9.86. The Labute approximate surface area is 183 Å². The topological polar surface area (TPSA) is 49.4 Å². The van der Waals surface area contributed by atoms with Crippen LogP contribution in [0.15, 0.2) is 78.5 Å². The van der Waals surface area contributed by atoms with Crippen LogP contribution in [0.3, 0.4) is 0 Å². The molecule has 1 N–H and O–H groups in total. The lowest BCUT2D eigenvalue weighted by Gasteiger charge is -2.17. The van der Waals surface area contributed by atoms with Crippen LogP contribution in [0.25, 0.3) is 5.57 Å². The Morgan fingerprint density at radius 3 is 1.97 bits per heavy atom. The molecule has 0 bridgehead atoms. The van der Waals surface area contributed by atoms with E-state index in [0.29, 0.717) is 11.3 Å². The zero-order valence-electron chi connectivity index (χ0n) is 17.3. The fourth-order valence-corrected chi connectivity index (χ4v) is 3.47. The van der Waals surface area contributed by atoms with Crippen molar-refractivity contribution in [2.24, 2.45) is 0 Å². The summed E-state index contributed by atoms with van der Waals surface area (Å²) in [6.45, 7) is 3.81. The maximum Gasteiger partial charge on any atom is 0.416 e. The van der Waals surface area contributed by atoms with Crippen LogP contribution >= 0.6 is 0 Å². The average molecular weight is 436 g/mol. The standard InChI is InChI=1S/C25H19F3N2O2/c1-15-6-10-17(11-7-15)21-22(29-19-12-8-16(2)9-13-19)24(32)30(23(21)31)20-5-3-4-18(14-20)25(26,27)28/h3-14,29H,1-2H3. The maximum absolute atomic E-state index is 13.3. The summed E-state index contributed by atoms with van der Waals surface area (Å²) in [7, 11) is 0. The Kier molecular flexibility index (Phi) is 5.34. The number of nitrogens with zero attached hydrogens (tertiary/aromatic N) is 1. The minimum absolute atomic E-state index is 0.0140. The first-order valence-corrected chi connectivity index (χ1v) is 9.86. The number of benzene rings is 3. The third kappa shape index (κ3) is 4.01. The van der Waals surface area contributed by atoms with Crippen LogP contribution in [0.1, 0.15) is 22.3 Å². The minimum Gasteiger partial charge on any atom is -0.350 e. The number of alkyl halides is 3. The molecule has 1 aliphatic rings. The number of halogens is 3. The van der Waals surface area contributed by atoms with Gasteiger partial charge in [0.15, 0.2) is 0 Å². The highest BCUT2D eigenvalue weighted by molar-refractivity contribution is 6.46. The number of anilines is 2. The fraction of sp³-hybridized carbons (Fsp3) is 0.120. The lowest BCUT2D eigenvalue weighted by atomic mass is 10.0. The summed E-state index contributed by atoms with van der Waals surface area (Å²) in [4.78, 5) is 27.4. The molecule has 0 unspecified atom stereocenters.